The zero-order valence-corrected chi connectivity index (χ0v) is 17.4. The number of nitrogens with two attached hydrogens (primary N) is 1. The molecule has 0 saturated heterocycles. The van der Waals surface area contributed by atoms with E-state index in [1.807, 2.05) is 48.6 Å². The third-order valence-corrected chi connectivity index (χ3v) is 4.85. The predicted molar refractivity (Wildman–Crippen MR) is 126 cm³/mol. The Bertz CT molecular complexity index is 1190. The largest absolute Gasteiger partial charge is 0.480 e. The number of aliphatic hydroxyl groups is 1. The average Bonchev–Trinajstić information content (AvgIpc) is 3.53. The van der Waals surface area contributed by atoms with Gasteiger partial charge in [0, 0.05) is 22.1 Å². The van der Waals surface area contributed by atoms with E-state index in [-0.39, 0.29) is 0 Å². The second kappa shape index (κ2) is 9.01. The monoisotopic (exact) mass is 429 g/mol. The fraction of sp³-hybridized carbons (Fsp3) is 0.125. The summed E-state index contributed by atoms with van der Waals surface area (Å²) >= 11 is 0. The summed E-state index contributed by atoms with van der Waals surface area (Å²) in [6.07, 6.45) is 7.11. The summed E-state index contributed by atoms with van der Waals surface area (Å²) in [7, 11) is 0. The van der Waals surface area contributed by atoms with E-state index < -0.39 is 18.1 Å². The van der Waals surface area contributed by atoms with Gasteiger partial charge >= 0.3 is 5.97 Å². The lowest BCUT2D eigenvalue weighted by Crippen LogP contribution is -2.39. The molecule has 0 fully saturated rings. The maximum atomic E-state index is 9.86. The zero-order valence-electron chi connectivity index (χ0n) is 17.4. The number of carboxylic acid groups (broad SMARTS) is 1. The molecule has 0 amide bonds. The minimum Gasteiger partial charge on any atom is -0.480 e. The van der Waals surface area contributed by atoms with E-state index in [2.05, 4.69) is 44.2 Å². The number of carboxylic acids is 1. The van der Waals surface area contributed by atoms with Crippen molar-refractivity contribution in [1.29, 1.82) is 0 Å². The summed E-state index contributed by atoms with van der Waals surface area (Å²) in [5, 5.41) is 16.6. The molecule has 0 spiro atoms. The van der Waals surface area contributed by atoms with Crippen LogP contribution in [0.15, 0.2) is 48.5 Å². The van der Waals surface area contributed by atoms with Crippen LogP contribution in [0, 0.1) is 0 Å². The van der Waals surface area contributed by atoms with E-state index in [0.29, 0.717) is 0 Å². The van der Waals surface area contributed by atoms with E-state index in [1.54, 1.807) is 0 Å². The van der Waals surface area contributed by atoms with Crippen molar-refractivity contribution in [2.24, 2.45) is 5.73 Å². The molecule has 2 aliphatic heterocycles. The Kier molecular flexibility index (Phi) is 5.98. The van der Waals surface area contributed by atoms with Crippen molar-refractivity contribution < 1.29 is 15.0 Å². The second-order valence-corrected chi connectivity index (χ2v) is 7.51. The van der Waals surface area contributed by atoms with Crippen molar-refractivity contribution in [3.8, 4) is 0 Å². The van der Waals surface area contributed by atoms with Crippen molar-refractivity contribution in [3.05, 3.63) is 71.3 Å². The predicted octanol–water partition coefficient (Wildman–Crippen LogP) is 3.43. The van der Waals surface area contributed by atoms with Gasteiger partial charge in [0.25, 0.3) is 0 Å². The highest BCUT2D eigenvalue weighted by Gasteiger charge is 2.16. The molecule has 8 heteroatoms. The molecule has 3 aromatic rings. The van der Waals surface area contributed by atoms with Crippen LogP contribution < -0.4 is 5.73 Å². The lowest BCUT2D eigenvalue weighted by Gasteiger charge is -2.06. The molecule has 0 saturated carbocycles. The molecule has 6 N–H and O–H groups in total. The van der Waals surface area contributed by atoms with Gasteiger partial charge in [0.15, 0.2) is 0 Å². The van der Waals surface area contributed by atoms with Crippen LogP contribution in [0.3, 0.4) is 0 Å². The first-order chi connectivity index (χ1) is 15.4. The van der Waals surface area contributed by atoms with E-state index in [4.69, 9.17) is 15.9 Å². The number of fused-ring (bicyclic) bond motifs is 8. The summed E-state index contributed by atoms with van der Waals surface area (Å²) in [5.41, 5.74) is 12.8. The molecule has 2 unspecified atom stereocenters. The quantitative estimate of drug-likeness (QED) is 0.291. The average molecular weight is 429 g/mol. The molecule has 32 heavy (non-hydrogen) atoms. The Labute approximate surface area is 183 Å². The van der Waals surface area contributed by atoms with Crippen LogP contribution in [0.25, 0.3) is 46.4 Å². The maximum Gasteiger partial charge on any atom is 0.323 e. The SMILES string of the molecule is C1=Cc2cc3ccc(cc4nc(cc5ccc(cc1n2)[nH]5)C=C4)[nH]3.CC(O)C(N)C(=O)O. The van der Waals surface area contributed by atoms with Crippen LogP contribution in [0.2, 0.25) is 0 Å². The molecule has 3 aromatic heterocycles. The summed E-state index contributed by atoms with van der Waals surface area (Å²) in [5.74, 6) is -1.18. The van der Waals surface area contributed by atoms with Crippen LogP contribution in [-0.4, -0.2) is 48.3 Å². The maximum absolute atomic E-state index is 9.86. The highest BCUT2D eigenvalue weighted by molar-refractivity contribution is 5.77. The Balaban J connectivity index is 0.000000265. The number of carbonyl (C=O) groups is 1. The minimum atomic E-state index is -1.18. The lowest BCUT2D eigenvalue weighted by molar-refractivity contribution is -0.140. The molecule has 5 heterocycles. The zero-order chi connectivity index (χ0) is 22.7. The highest BCUT2D eigenvalue weighted by Crippen LogP contribution is 2.16. The van der Waals surface area contributed by atoms with Gasteiger partial charge in [-0.2, -0.15) is 0 Å². The van der Waals surface area contributed by atoms with E-state index in [0.717, 1.165) is 44.8 Å². The topological polar surface area (TPSA) is 141 Å². The highest BCUT2D eigenvalue weighted by atomic mass is 16.4. The first kappa shape index (κ1) is 21.2. The first-order valence-electron chi connectivity index (χ1n) is 10.1. The number of aromatic nitrogens is 4. The summed E-state index contributed by atoms with van der Waals surface area (Å²) < 4.78 is 0. The molecule has 8 bridgehead atoms. The van der Waals surface area contributed by atoms with Gasteiger partial charge in [0.1, 0.15) is 6.04 Å². The molecule has 0 aliphatic carbocycles. The van der Waals surface area contributed by atoms with Crippen LogP contribution in [0.5, 0.6) is 0 Å². The van der Waals surface area contributed by atoms with Crippen LogP contribution >= 0.6 is 0 Å². The standard InChI is InChI=1S/C20H14N4.C4H9NO3/c1-2-14-10-16-5-6-18(23-16)12-20-8-7-19(24-20)11-17-4-3-15(22-17)9-13(1)21-14;1-2(6)3(5)4(7)8/h1-12,21,24H;2-3,6H,5H2,1H3,(H,7,8). The van der Waals surface area contributed by atoms with Gasteiger partial charge in [-0.1, -0.05) is 0 Å². The molecule has 0 radical (unpaired) electrons. The number of H-pyrrole nitrogens is 2. The fourth-order valence-electron chi connectivity index (χ4n) is 3.15. The Hall–Kier alpha value is -4.01. The van der Waals surface area contributed by atoms with Crippen LogP contribution in [0.4, 0.5) is 0 Å². The van der Waals surface area contributed by atoms with Crippen LogP contribution in [0.1, 0.15) is 29.7 Å². The number of nitrogens with one attached hydrogen (secondary N) is 2. The number of aromatic amines is 2. The normalized spacial score (nSPS) is 13.8. The second-order valence-electron chi connectivity index (χ2n) is 7.51. The van der Waals surface area contributed by atoms with Crippen molar-refractivity contribution >= 4 is 52.3 Å². The third-order valence-electron chi connectivity index (χ3n) is 4.85. The number of hydrogen-bond acceptors (Lipinski definition) is 5. The molecule has 162 valence electrons. The Morgan fingerprint density at radius 3 is 1.31 bits per heavy atom. The molecule has 2 aliphatic rings. The van der Waals surface area contributed by atoms with Crippen LogP contribution in [-0.2, 0) is 4.79 Å². The third kappa shape index (κ3) is 5.18. The molecular weight excluding hydrogens is 406 g/mol. The smallest absolute Gasteiger partial charge is 0.323 e. The van der Waals surface area contributed by atoms with Gasteiger partial charge in [-0.25, -0.2) is 9.97 Å². The van der Waals surface area contributed by atoms with Gasteiger partial charge in [-0.15, -0.1) is 0 Å². The first-order valence-corrected chi connectivity index (χ1v) is 10.1. The Morgan fingerprint density at radius 2 is 1.09 bits per heavy atom. The molecular formula is C24H23N5O3. The van der Waals surface area contributed by atoms with Gasteiger partial charge in [-0.05, 0) is 79.8 Å². The van der Waals surface area contributed by atoms with Crippen molar-refractivity contribution in [1.82, 2.24) is 19.9 Å². The van der Waals surface area contributed by atoms with Gasteiger partial charge in [0.2, 0.25) is 0 Å². The Morgan fingerprint density at radius 1 is 0.781 bits per heavy atom. The van der Waals surface area contributed by atoms with E-state index >= 15 is 0 Å². The van der Waals surface area contributed by atoms with E-state index in [9.17, 15) is 4.79 Å². The lowest BCUT2D eigenvalue weighted by atomic mass is 10.2. The summed E-state index contributed by atoms with van der Waals surface area (Å²) in [4.78, 5) is 25.9. The van der Waals surface area contributed by atoms with Gasteiger partial charge in [-0.3, -0.25) is 4.79 Å². The number of rotatable bonds is 2. The molecule has 5 rings (SSSR count). The van der Waals surface area contributed by atoms with Crippen molar-refractivity contribution in [2.75, 3.05) is 0 Å². The van der Waals surface area contributed by atoms with Gasteiger partial charge in [0.05, 0.1) is 28.9 Å². The molecule has 8 nitrogen and oxygen atoms in total. The summed E-state index contributed by atoms with van der Waals surface area (Å²) in [6, 6.07) is 15.2. The van der Waals surface area contributed by atoms with Crippen molar-refractivity contribution in [3.63, 3.8) is 0 Å². The van der Waals surface area contributed by atoms with Crippen molar-refractivity contribution in [2.45, 2.75) is 19.1 Å². The number of nitrogens with zero attached hydrogens (tertiary/aromatic N) is 2. The number of hydrogen-bond donors (Lipinski definition) is 5. The minimum absolute atomic E-state index is 0.939. The number of aliphatic carboxylic acids is 1. The molecule has 0 aromatic carbocycles. The molecule has 2 atom stereocenters. The van der Waals surface area contributed by atoms with Gasteiger partial charge < -0.3 is 25.9 Å². The fourth-order valence-corrected chi connectivity index (χ4v) is 3.15. The summed E-state index contributed by atoms with van der Waals surface area (Å²) in [6.45, 7) is 1.33. The number of aliphatic hydroxyl groups excluding tert-OH is 1. The van der Waals surface area contributed by atoms with E-state index in [1.165, 1.54) is 6.92 Å².